The summed E-state index contributed by atoms with van der Waals surface area (Å²) in [7, 11) is 6.30. The Morgan fingerprint density at radius 1 is 1.30 bits per heavy atom. The molecule has 1 fully saturated rings. The van der Waals surface area contributed by atoms with Gasteiger partial charge in [-0.15, -0.1) is 0 Å². The second kappa shape index (κ2) is 6.66. The number of hydrogen-bond acceptors (Lipinski definition) is 3. The molecule has 112 valence electrons. The van der Waals surface area contributed by atoms with Crippen LogP contribution in [0.5, 0.6) is 0 Å². The van der Waals surface area contributed by atoms with E-state index in [2.05, 4.69) is 36.1 Å². The standard InChI is InChI=1S/C16H26FN3/c1-12-6-7-13(17)10-14(12)16(18-2)15-11-19(3)8-5-9-20(15)4/h6-7,10,15-16,18H,5,8-9,11H2,1-4H3. The lowest BCUT2D eigenvalue weighted by Gasteiger charge is -2.35. The highest BCUT2D eigenvalue weighted by Gasteiger charge is 2.29. The van der Waals surface area contributed by atoms with Gasteiger partial charge in [0.1, 0.15) is 5.82 Å². The summed E-state index contributed by atoms with van der Waals surface area (Å²) >= 11 is 0. The van der Waals surface area contributed by atoms with Gasteiger partial charge in [0.2, 0.25) is 0 Å². The fraction of sp³-hybridized carbons (Fsp3) is 0.625. The van der Waals surface area contributed by atoms with E-state index in [1.807, 2.05) is 13.1 Å². The molecule has 0 radical (unpaired) electrons. The number of hydrogen-bond donors (Lipinski definition) is 1. The highest BCUT2D eigenvalue weighted by Crippen LogP contribution is 2.26. The molecule has 0 saturated carbocycles. The van der Waals surface area contributed by atoms with Crippen molar-refractivity contribution >= 4 is 0 Å². The maximum Gasteiger partial charge on any atom is 0.123 e. The first kappa shape index (κ1) is 15.4. The second-order valence-corrected chi connectivity index (χ2v) is 5.93. The number of nitrogens with zero attached hydrogens (tertiary/aromatic N) is 2. The zero-order valence-corrected chi connectivity index (χ0v) is 13.0. The SMILES string of the molecule is CNC(c1cc(F)ccc1C)C1CN(C)CCCN1C. The minimum atomic E-state index is -0.157. The van der Waals surface area contributed by atoms with Gasteiger partial charge in [0.25, 0.3) is 0 Å². The molecule has 4 heteroatoms. The molecule has 2 unspecified atom stereocenters. The van der Waals surface area contributed by atoms with E-state index in [1.54, 1.807) is 6.07 Å². The molecule has 0 bridgehead atoms. The largest absolute Gasteiger partial charge is 0.312 e. The average molecular weight is 279 g/mol. The van der Waals surface area contributed by atoms with Crippen LogP contribution < -0.4 is 5.32 Å². The van der Waals surface area contributed by atoms with Crippen molar-refractivity contribution in [2.45, 2.75) is 25.4 Å². The summed E-state index contributed by atoms with van der Waals surface area (Å²) in [4.78, 5) is 4.77. The fourth-order valence-electron chi connectivity index (χ4n) is 3.17. The Balaban J connectivity index is 2.32. The minimum Gasteiger partial charge on any atom is -0.312 e. The zero-order valence-electron chi connectivity index (χ0n) is 13.0. The lowest BCUT2D eigenvalue weighted by Crippen LogP contribution is -2.46. The predicted octanol–water partition coefficient (Wildman–Crippen LogP) is 2.03. The van der Waals surface area contributed by atoms with Gasteiger partial charge >= 0.3 is 0 Å². The molecule has 0 aliphatic carbocycles. The number of likely N-dealkylation sites (N-methyl/N-ethyl adjacent to an activating group) is 3. The number of benzene rings is 1. The van der Waals surface area contributed by atoms with Crippen LogP contribution in [0.4, 0.5) is 4.39 Å². The van der Waals surface area contributed by atoms with Gasteiger partial charge in [-0.25, -0.2) is 4.39 Å². The monoisotopic (exact) mass is 279 g/mol. The van der Waals surface area contributed by atoms with Crippen LogP contribution in [0.25, 0.3) is 0 Å². The number of aryl methyl sites for hydroxylation is 1. The van der Waals surface area contributed by atoms with Gasteiger partial charge < -0.3 is 15.1 Å². The third-order valence-electron chi connectivity index (χ3n) is 4.39. The molecule has 1 aromatic carbocycles. The van der Waals surface area contributed by atoms with Crippen LogP contribution in [0.2, 0.25) is 0 Å². The molecule has 1 aliphatic rings. The summed E-state index contributed by atoms with van der Waals surface area (Å²) in [6.07, 6.45) is 1.18. The van der Waals surface area contributed by atoms with E-state index in [1.165, 1.54) is 12.5 Å². The van der Waals surface area contributed by atoms with E-state index in [-0.39, 0.29) is 11.9 Å². The molecule has 0 aromatic heterocycles. The van der Waals surface area contributed by atoms with Crippen LogP contribution in [0, 0.1) is 12.7 Å². The Labute approximate surface area is 121 Å². The lowest BCUT2D eigenvalue weighted by atomic mass is 9.94. The minimum absolute atomic E-state index is 0.149. The van der Waals surface area contributed by atoms with Crippen LogP contribution in [0.15, 0.2) is 18.2 Å². The Morgan fingerprint density at radius 3 is 2.75 bits per heavy atom. The van der Waals surface area contributed by atoms with Crippen LogP contribution in [0.1, 0.15) is 23.6 Å². The van der Waals surface area contributed by atoms with E-state index in [0.29, 0.717) is 6.04 Å². The smallest absolute Gasteiger partial charge is 0.123 e. The molecule has 1 N–H and O–H groups in total. The van der Waals surface area contributed by atoms with Crippen molar-refractivity contribution in [3.63, 3.8) is 0 Å². The summed E-state index contributed by atoms with van der Waals surface area (Å²) in [5.74, 6) is -0.157. The van der Waals surface area contributed by atoms with E-state index in [0.717, 1.165) is 30.8 Å². The molecular formula is C16H26FN3. The molecule has 1 aromatic rings. The zero-order chi connectivity index (χ0) is 14.7. The van der Waals surface area contributed by atoms with Gasteiger partial charge in [0.05, 0.1) is 0 Å². The van der Waals surface area contributed by atoms with Gasteiger partial charge in [0.15, 0.2) is 0 Å². The first-order valence-corrected chi connectivity index (χ1v) is 7.35. The highest BCUT2D eigenvalue weighted by molar-refractivity contribution is 5.31. The summed E-state index contributed by atoms with van der Waals surface area (Å²) < 4.78 is 13.6. The van der Waals surface area contributed by atoms with Crippen molar-refractivity contribution in [2.24, 2.45) is 0 Å². The van der Waals surface area contributed by atoms with Crippen LogP contribution >= 0.6 is 0 Å². The number of halogens is 1. The van der Waals surface area contributed by atoms with Crippen molar-refractivity contribution in [3.8, 4) is 0 Å². The summed E-state index contributed by atoms with van der Waals surface area (Å²) in [6, 6.07) is 5.59. The fourth-order valence-corrected chi connectivity index (χ4v) is 3.17. The molecule has 2 atom stereocenters. The lowest BCUT2D eigenvalue weighted by molar-refractivity contribution is 0.182. The first-order valence-electron chi connectivity index (χ1n) is 7.35. The predicted molar refractivity (Wildman–Crippen MR) is 81.5 cm³/mol. The molecule has 1 heterocycles. The maximum atomic E-state index is 13.6. The van der Waals surface area contributed by atoms with Crippen molar-refractivity contribution in [2.75, 3.05) is 40.8 Å². The molecular weight excluding hydrogens is 253 g/mol. The average Bonchev–Trinajstić information content (AvgIpc) is 2.57. The molecule has 3 nitrogen and oxygen atoms in total. The molecule has 1 aliphatic heterocycles. The van der Waals surface area contributed by atoms with E-state index in [4.69, 9.17) is 0 Å². The normalized spacial score (nSPS) is 23.6. The van der Waals surface area contributed by atoms with Crippen molar-refractivity contribution in [1.29, 1.82) is 0 Å². The number of rotatable bonds is 3. The van der Waals surface area contributed by atoms with Gasteiger partial charge in [-0.05, 0) is 70.8 Å². The topological polar surface area (TPSA) is 18.5 Å². The second-order valence-electron chi connectivity index (χ2n) is 5.93. The third-order valence-corrected chi connectivity index (χ3v) is 4.39. The maximum absolute atomic E-state index is 13.6. The van der Waals surface area contributed by atoms with Gasteiger partial charge in [0, 0.05) is 18.6 Å². The van der Waals surface area contributed by atoms with Crippen LogP contribution in [0.3, 0.4) is 0 Å². The Morgan fingerprint density at radius 2 is 2.05 bits per heavy atom. The van der Waals surface area contributed by atoms with E-state index < -0.39 is 0 Å². The molecule has 0 amide bonds. The summed E-state index contributed by atoms with van der Waals surface area (Å²) in [5, 5.41) is 3.40. The quantitative estimate of drug-likeness (QED) is 0.913. The Bertz CT molecular complexity index is 449. The summed E-state index contributed by atoms with van der Waals surface area (Å²) in [6.45, 7) is 5.26. The van der Waals surface area contributed by atoms with Crippen molar-refractivity contribution in [1.82, 2.24) is 15.1 Å². The van der Waals surface area contributed by atoms with Crippen molar-refractivity contribution in [3.05, 3.63) is 35.1 Å². The van der Waals surface area contributed by atoms with Gasteiger partial charge in [-0.1, -0.05) is 6.07 Å². The highest BCUT2D eigenvalue weighted by atomic mass is 19.1. The molecule has 20 heavy (non-hydrogen) atoms. The molecule has 0 spiro atoms. The van der Waals surface area contributed by atoms with Crippen LogP contribution in [-0.4, -0.2) is 56.6 Å². The van der Waals surface area contributed by atoms with Gasteiger partial charge in [-0.3, -0.25) is 0 Å². The Hall–Kier alpha value is -0.970. The Kier molecular flexibility index (Phi) is 5.13. The number of nitrogens with one attached hydrogen (secondary N) is 1. The van der Waals surface area contributed by atoms with Crippen LogP contribution in [-0.2, 0) is 0 Å². The van der Waals surface area contributed by atoms with E-state index >= 15 is 0 Å². The third kappa shape index (κ3) is 3.37. The van der Waals surface area contributed by atoms with E-state index in [9.17, 15) is 4.39 Å². The molecule has 1 saturated heterocycles. The molecule has 2 rings (SSSR count). The summed E-state index contributed by atoms with van der Waals surface area (Å²) in [5.41, 5.74) is 2.21. The van der Waals surface area contributed by atoms with Crippen molar-refractivity contribution < 1.29 is 4.39 Å². The first-order chi connectivity index (χ1) is 9.52. The van der Waals surface area contributed by atoms with Gasteiger partial charge in [-0.2, -0.15) is 0 Å².